The van der Waals surface area contributed by atoms with Crippen LogP contribution in [0, 0.1) is 0 Å². The molecule has 0 saturated heterocycles. The fourth-order valence-corrected chi connectivity index (χ4v) is 3.78. The molecule has 3 aromatic carbocycles. The maximum absolute atomic E-state index is 6.49. The van der Waals surface area contributed by atoms with Crippen LogP contribution in [-0.4, -0.2) is 36.1 Å². The van der Waals surface area contributed by atoms with E-state index in [0.29, 0.717) is 33.8 Å². The van der Waals surface area contributed by atoms with Crippen molar-refractivity contribution in [3.05, 3.63) is 101 Å². The van der Waals surface area contributed by atoms with Crippen LogP contribution in [0.5, 0.6) is 11.5 Å². The molecule has 2 aromatic heterocycles. The molecule has 5 aromatic rings. The summed E-state index contributed by atoms with van der Waals surface area (Å²) in [6, 6.07) is 22.6. The molecule has 37 heavy (non-hydrogen) atoms. The molecule has 0 unspecified atom stereocenters. The Hall–Kier alpha value is -4.57. The van der Waals surface area contributed by atoms with Crippen molar-refractivity contribution in [1.29, 1.82) is 0 Å². The minimum atomic E-state index is -0.0443. The number of ether oxygens (including phenoxy) is 1. The molecule has 5 rings (SSSR count). The summed E-state index contributed by atoms with van der Waals surface area (Å²) in [5.74, 6) is 2.30. The highest BCUT2D eigenvalue weighted by atomic mass is 35.5. The second kappa shape index (κ2) is 11.0. The van der Waals surface area contributed by atoms with Gasteiger partial charge in [-0.25, -0.2) is 4.68 Å². The van der Waals surface area contributed by atoms with Crippen LogP contribution >= 0.6 is 11.6 Å². The Morgan fingerprint density at radius 1 is 0.973 bits per heavy atom. The number of para-hydroxylation sites is 1. The zero-order valence-electron chi connectivity index (χ0n) is 20.1. The van der Waals surface area contributed by atoms with Crippen molar-refractivity contribution in [3.63, 3.8) is 0 Å². The lowest BCUT2D eigenvalue weighted by Crippen LogP contribution is -2.12. The molecule has 10 nitrogen and oxygen atoms in total. The molecule has 0 fully saturated rings. The monoisotopic (exact) mass is 515 g/mol. The fraction of sp³-hybridized carbons (Fsp3) is 0.154. The highest BCUT2D eigenvalue weighted by molar-refractivity contribution is 6.32. The van der Waals surface area contributed by atoms with Crippen LogP contribution in [0.2, 0.25) is 5.02 Å². The van der Waals surface area contributed by atoms with Crippen LogP contribution in [0.3, 0.4) is 0 Å². The first kappa shape index (κ1) is 24.1. The molecule has 0 atom stereocenters. The van der Waals surface area contributed by atoms with Gasteiger partial charge in [0.25, 0.3) is 5.89 Å². The molecule has 0 radical (unpaired) electrons. The van der Waals surface area contributed by atoms with Crippen molar-refractivity contribution in [3.8, 4) is 23.0 Å². The van der Waals surface area contributed by atoms with Crippen LogP contribution in [0.1, 0.15) is 29.8 Å². The molecule has 2 heterocycles. The first-order chi connectivity index (χ1) is 18.1. The van der Waals surface area contributed by atoms with E-state index in [-0.39, 0.29) is 12.5 Å². The van der Waals surface area contributed by atoms with Gasteiger partial charge in [0.05, 0.1) is 5.02 Å². The van der Waals surface area contributed by atoms with Gasteiger partial charge in [-0.05, 0) is 46.7 Å². The Bertz CT molecular complexity index is 1530. The van der Waals surface area contributed by atoms with Gasteiger partial charge in [-0.15, -0.1) is 15.3 Å². The Morgan fingerprint density at radius 2 is 1.78 bits per heavy atom. The molecule has 0 N–H and O–H groups in total. The molecule has 0 saturated carbocycles. The van der Waals surface area contributed by atoms with E-state index in [1.165, 1.54) is 4.68 Å². The fourth-order valence-electron chi connectivity index (χ4n) is 3.56. The second-order valence-corrected chi connectivity index (χ2v) is 8.32. The molecule has 0 aliphatic carbocycles. The summed E-state index contributed by atoms with van der Waals surface area (Å²) in [7, 11) is 1.72. The summed E-state index contributed by atoms with van der Waals surface area (Å²) >= 11 is 6.49. The van der Waals surface area contributed by atoms with E-state index in [1.807, 2.05) is 54.6 Å². The number of benzene rings is 3. The van der Waals surface area contributed by atoms with Crippen LogP contribution < -0.4 is 4.74 Å². The summed E-state index contributed by atoms with van der Waals surface area (Å²) in [6.45, 7) is 2.03. The van der Waals surface area contributed by atoms with Crippen LogP contribution in [0.15, 0.2) is 82.4 Å². The van der Waals surface area contributed by atoms with Crippen LogP contribution in [0.4, 0.5) is 0 Å². The Balaban J connectivity index is 1.30. The smallest absolute Gasteiger partial charge is 0.257 e. The van der Waals surface area contributed by atoms with Crippen molar-refractivity contribution in [2.75, 3.05) is 0 Å². The van der Waals surface area contributed by atoms with E-state index in [9.17, 15) is 0 Å². The third kappa shape index (κ3) is 5.49. The van der Waals surface area contributed by atoms with Gasteiger partial charge >= 0.3 is 0 Å². The number of hydrogen-bond donors (Lipinski definition) is 0. The third-order valence-electron chi connectivity index (χ3n) is 5.44. The molecule has 0 amide bonds. The molecule has 0 aliphatic heterocycles. The van der Waals surface area contributed by atoms with E-state index in [1.54, 1.807) is 25.2 Å². The summed E-state index contributed by atoms with van der Waals surface area (Å²) in [6.07, 6.45) is 0.852. The van der Waals surface area contributed by atoms with Gasteiger partial charge in [-0.1, -0.05) is 72.2 Å². The maximum atomic E-state index is 6.49. The highest BCUT2D eigenvalue weighted by Gasteiger charge is 2.16. The number of nitrogens with zero attached hydrogens (tertiary/aromatic N) is 7. The summed E-state index contributed by atoms with van der Waals surface area (Å²) in [5.41, 5.74) is 3.02. The van der Waals surface area contributed by atoms with Gasteiger partial charge in [0.15, 0.2) is 12.3 Å². The van der Waals surface area contributed by atoms with Crippen molar-refractivity contribution in [2.45, 2.75) is 20.0 Å². The van der Waals surface area contributed by atoms with Crippen molar-refractivity contribution in [2.24, 2.45) is 12.2 Å². The molecule has 0 spiro atoms. The molecule has 0 aliphatic rings. The lowest BCUT2D eigenvalue weighted by atomic mass is 10.1. The lowest BCUT2D eigenvalue weighted by molar-refractivity contribution is 0.111. The Morgan fingerprint density at radius 3 is 2.54 bits per heavy atom. The predicted octanol–water partition coefficient (Wildman–Crippen LogP) is 5.24. The van der Waals surface area contributed by atoms with E-state index in [4.69, 9.17) is 25.6 Å². The largest absolute Gasteiger partial charge is 0.456 e. The third-order valence-corrected chi connectivity index (χ3v) is 5.74. The van der Waals surface area contributed by atoms with E-state index >= 15 is 0 Å². The van der Waals surface area contributed by atoms with Gasteiger partial charge in [0.1, 0.15) is 11.5 Å². The Kier molecular flexibility index (Phi) is 7.18. The molecule has 186 valence electrons. The second-order valence-electron chi connectivity index (χ2n) is 7.91. The van der Waals surface area contributed by atoms with Gasteiger partial charge in [0, 0.05) is 18.2 Å². The lowest BCUT2D eigenvalue weighted by Gasteiger charge is -2.11. The molecular formula is C26H22ClN7O3. The summed E-state index contributed by atoms with van der Waals surface area (Å²) < 4.78 is 13.3. The summed E-state index contributed by atoms with van der Waals surface area (Å²) in [5, 5.41) is 24.4. The van der Waals surface area contributed by atoms with E-state index in [2.05, 4.69) is 37.8 Å². The Labute approximate surface area is 217 Å². The minimum absolute atomic E-state index is 0.0443. The van der Waals surface area contributed by atoms with E-state index in [0.717, 1.165) is 23.3 Å². The predicted molar refractivity (Wildman–Crippen MR) is 136 cm³/mol. The van der Waals surface area contributed by atoms with E-state index < -0.39 is 0 Å². The zero-order chi connectivity index (χ0) is 25.6. The SMILES string of the molecule is CCc1ccccc1Oc1ccc(-c2nnc(CO/N=C(/c3ccccc3)c3nnnn3C)o2)cc1Cl. The maximum Gasteiger partial charge on any atom is 0.257 e. The van der Waals surface area contributed by atoms with Crippen LogP contribution in [0.25, 0.3) is 11.5 Å². The standard InChI is InChI=1S/C26H22ClN7O3/c1-3-17-9-7-8-12-21(17)36-22-14-13-19(15-20(22)27)26-30-28-23(37-26)16-35-31-24(18-10-5-4-6-11-18)25-29-32-33-34(25)2/h4-15H,3,16H2,1-2H3/b31-24-. The first-order valence-electron chi connectivity index (χ1n) is 11.5. The average molecular weight is 516 g/mol. The normalized spacial score (nSPS) is 11.5. The topological polar surface area (TPSA) is 113 Å². The van der Waals surface area contributed by atoms with Gasteiger partial charge in [-0.3, -0.25) is 0 Å². The number of tetrazole rings is 1. The summed E-state index contributed by atoms with van der Waals surface area (Å²) in [4.78, 5) is 5.53. The van der Waals surface area contributed by atoms with Gasteiger partial charge < -0.3 is 14.0 Å². The minimum Gasteiger partial charge on any atom is -0.456 e. The molecule has 0 bridgehead atoms. The number of aromatic nitrogens is 6. The number of rotatable bonds is 9. The zero-order valence-corrected chi connectivity index (χ0v) is 20.8. The number of oxime groups is 1. The average Bonchev–Trinajstić information content (AvgIpc) is 3.58. The van der Waals surface area contributed by atoms with Crippen molar-refractivity contribution < 1.29 is 14.0 Å². The van der Waals surface area contributed by atoms with Gasteiger partial charge in [0.2, 0.25) is 11.7 Å². The molecular weight excluding hydrogens is 494 g/mol. The van der Waals surface area contributed by atoms with Crippen molar-refractivity contribution >= 4 is 17.3 Å². The number of aryl methyl sites for hydroxylation is 2. The van der Waals surface area contributed by atoms with Crippen molar-refractivity contribution in [1.82, 2.24) is 30.4 Å². The van der Waals surface area contributed by atoms with Gasteiger partial charge in [-0.2, -0.15) is 0 Å². The number of halogens is 1. The highest BCUT2D eigenvalue weighted by Crippen LogP contribution is 2.34. The molecule has 11 heteroatoms. The quantitative estimate of drug-likeness (QED) is 0.193. The van der Waals surface area contributed by atoms with Crippen LogP contribution in [-0.2, 0) is 24.9 Å². The first-order valence-corrected chi connectivity index (χ1v) is 11.9. The number of hydrogen-bond acceptors (Lipinski definition) is 9.